The van der Waals surface area contributed by atoms with Gasteiger partial charge in [0.25, 0.3) is 0 Å². The van der Waals surface area contributed by atoms with E-state index in [-0.39, 0.29) is 35.9 Å². The Bertz CT molecular complexity index is 1100. The van der Waals surface area contributed by atoms with Crippen LogP contribution in [0.4, 0.5) is 5.69 Å². The van der Waals surface area contributed by atoms with Crippen LogP contribution in [0.3, 0.4) is 0 Å². The molecule has 3 aliphatic rings. The summed E-state index contributed by atoms with van der Waals surface area (Å²) in [5, 5.41) is 0. The summed E-state index contributed by atoms with van der Waals surface area (Å²) < 4.78 is 16.3. The number of anilines is 1. The van der Waals surface area contributed by atoms with E-state index >= 15 is 0 Å². The molecule has 2 saturated carbocycles. The van der Waals surface area contributed by atoms with Gasteiger partial charge in [-0.3, -0.25) is 14.5 Å². The molecule has 1 aliphatic heterocycles. The monoisotopic (exact) mass is 527 g/mol. The van der Waals surface area contributed by atoms with Crippen LogP contribution in [0.2, 0.25) is 0 Å². The molecule has 1 amide bonds. The zero-order chi connectivity index (χ0) is 27.8. The van der Waals surface area contributed by atoms with Gasteiger partial charge in [-0.1, -0.05) is 52.8 Å². The van der Waals surface area contributed by atoms with Crippen molar-refractivity contribution in [1.29, 1.82) is 0 Å². The van der Waals surface area contributed by atoms with Gasteiger partial charge in [-0.25, -0.2) is 9.59 Å². The number of rotatable bonds is 9. The molecule has 2 aliphatic carbocycles. The maximum absolute atomic E-state index is 13.5. The third-order valence-electron chi connectivity index (χ3n) is 9.62. The predicted octanol–water partition coefficient (Wildman–Crippen LogP) is 4.47. The summed E-state index contributed by atoms with van der Waals surface area (Å²) in [6, 6.07) is 6.70. The van der Waals surface area contributed by atoms with Gasteiger partial charge in [0.2, 0.25) is 5.91 Å². The fourth-order valence-corrected chi connectivity index (χ4v) is 6.82. The molecule has 0 radical (unpaired) electrons. The minimum atomic E-state index is -0.725. The van der Waals surface area contributed by atoms with Crippen molar-refractivity contribution < 1.29 is 33.4 Å². The van der Waals surface area contributed by atoms with Crippen molar-refractivity contribution in [3.8, 4) is 0 Å². The normalized spacial score (nSPS) is 28.4. The number of fused-ring (bicyclic) bond motifs is 3. The Morgan fingerprint density at radius 3 is 2.39 bits per heavy atom. The first-order chi connectivity index (χ1) is 17.9. The summed E-state index contributed by atoms with van der Waals surface area (Å²) in [7, 11) is 0. The molecule has 38 heavy (non-hydrogen) atoms. The molecule has 208 valence electrons. The molecular formula is C30H41NO7. The van der Waals surface area contributed by atoms with Crippen LogP contribution in [-0.4, -0.2) is 49.2 Å². The maximum atomic E-state index is 13.5. The van der Waals surface area contributed by atoms with Crippen molar-refractivity contribution >= 4 is 29.5 Å². The van der Waals surface area contributed by atoms with Crippen LogP contribution in [0, 0.1) is 28.6 Å². The standard InChI is InChI=1S/C30H41NO7/c1-7-36-28(35)23-15-20-10-8-9-11-22(20)31(23)26(33)18(2)14-19(3)27(34)37-17-25(32)38-24-16-21-12-13-30(24,6)29(21,4)5/h8-11,18-19,21,23-24H,7,12-17H2,1-6H3/t18-,19-,21?,23+,24?,30?/m1/s1. The van der Waals surface area contributed by atoms with E-state index in [2.05, 4.69) is 20.8 Å². The van der Waals surface area contributed by atoms with Gasteiger partial charge in [0.05, 0.1) is 12.5 Å². The van der Waals surface area contributed by atoms with E-state index in [0.29, 0.717) is 18.0 Å². The third-order valence-corrected chi connectivity index (χ3v) is 9.62. The van der Waals surface area contributed by atoms with E-state index in [1.807, 2.05) is 24.3 Å². The van der Waals surface area contributed by atoms with Crippen molar-refractivity contribution in [3.05, 3.63) is 29.8 Å². The van der Waals surface area contributed by atoms with Crippen molar-refractivity contribution in [2.24, 2.45) is 28.6 Å². The van der Waals surface area contributed by atoms with Gasteiger partial charge in [-0.15, -0.1) is 0 Å². The molecule has 3 unspecified atom stereocenters. The van der Waals surface area contributed by atoms with Crippen LogP contribution in [0.15, 0.2) is 24.3 Å². The number of hydrogen-bond acceptors (Lipinski definition) is 7. The summed E-state index contributed by atoms with van der Waals surface area (Å²) in [5.74, 6) is -2.40. The minimum absolute atomic E-state index is 0.0595. The highest BCUT2D eigenvalue weighted by Crippen LogP contribution is 2.66. The molecule has 2 bridgehead atoms. The lowest BCUT2D eigenvalue weighted by Crippen LogP contribution is -2.46. The first-order valence-corrected chi connectivity index (χ1v) is 13.8. The molecule has 1 aromatic rings. The number of benzene rings is 1. The molecule has 2 fully saturated rings. The van der Waals surface area contributed by atoms with Gasteiger partial charge in [-0.05, 0) is 55.6 Å². The largest absolute Gasteiger partial charge is 0.464 e. The molecule has 4 rings (SSSR count). The summed E-state index contributed by atoms with van der Waals surface area (Å²) in [6.07, 6.45) is 3.50. The van der Waals surface area contributed by atoms with E-state index in [4.69, 9.17) is 14.2 Å². The van der Waals surface area contributed by atoms with Crippen molar-refractivity contribution in [1.82, 2.24) is 0 Å². The van der Waals surface area contributed by atoms with Crippen molar-refractivity contribution in [3.63, 3.8) is 0 Å². The number of nitrogens with zero attached hydrogens (tertiary/aromatic N) is 1. The Balaban J connectivity index is 1.30. The van der Waals surface area contributed by atoms with Gasteiger partial charge in [0.1, 0.15) is 12.1 Å². The lowest BCUT2D eigenvalue weighted by Gasteiger charge is -2.38. The number of carbonyl (C=O) groups is 4. The summed E-state index contributed by atoms with van der Waals surface area (Å²) in [4.78, 5) is 52.8. The highest BCUT2D eigenvalue weighted by Gasteiger charge is 2.62. The van der Waals surface area contributed by atoms with E-state index in [1.165, 1.54) is 4.90 Å². The first kappa shape index (κ1) is 28.1. The van der Waals surface area contributed by atoms with Crippen molar-refractivity contribution in [2.45, 2.75) is 85.8 Å². The van der Waals surface area contributed by atoms with Gasteiger partial charge in [-0.2, -0.15) is 0 Å². The molecule has 0 N–H and O–H groups in total. The fourth-order valence-electron chi connectivity index (χ4n) is 6.82. The van der Waals surface area contributed by atoms with E-state index in [9.17, 15) is 19.2 Å². The molecule has 0 spiro atoms. The summed E-state index contributed by atoms with van der Waals surface area (Å²) in [5.41, 5.74) is 1.66. The van der Waals surface area contributed by atoms with Crippen molar-refractivity contribution in [2.75, 3.05) is 18.1 Å². The van der Waals surface area contributed by atoms with Crippen LogP contribution in [0.5, 0.6) is 0 Å². The number of hydrogen-bond donors (Lipinski definition) is 0. The maximum Gasteiger partial charge on any atom is 0.344 e. The lowest BCUT2D eigenvalue weighted by atomic mass is 9.70. The smallest absolute Gasteiger partial charge is 0.344 e. The molecule has 0 aromatic heterocycles. The van der Waals surface area contributed by atoms with Gasteiger partial charge in [0, 0.05) is 23.4 Å². The lowest BCUT2D eigenvalue weighted by molar-refractivity contribution is -0.169. The number of amides is 1. The average molecular weight is 528 g/mol. The van der Waals surface area contributed by atoms with Crippen LogP contribution < -0.4 is 4.90 Å². The number of ether oxygens (including phenoxy) is 3. The average Bonchev–Trinajstić information content (AvgIpc) is 3.43. The second-order valence-corrected chi connectivity index (χ2v) is 12.0. The van der Waals surface area contributed by atoms with Crippen LogP contribution in [-0.2, 0) is 39.8 Å². The second kappa shape index (κ2) is 10.7. The Morgan fingerprint density at radius 1 is 1.05 bits per heavy atom. The van der Waals surface area contributed by atoms with Crippen LogP contribution in [0.25, 0.3) is 0 Å². The Labute approximate surface area is 225 Å². The first-order valence-electron chi connectivity index (χ1n) is 13.8. The van der Waals surface area contributed by atoms with E-state index < -0.39 is 42.4 Å². The number of carbonyl (C=O) groups excluding carboxylic acids is 4. The van der Waals surface area contributed by atoms with Gasteiger partial charge >= 0.3 is 17.9 Å². The molecule has 1 aromatic carbocycles. The summed E-state index contributed by atoms with van der Waals surface area (Å²) >= 11 is 0. The zero-order valence-electron chi connectivity index (χ0n) is 23.5. The fraction of sp³-hybridized carbons (Fsp3) is 0.667. The molecule has 8 nitrogen and oxygen atoms in total. The predicted molar refractivity (Wildman–Crippen MR) is 141 cm³/mol. The quantitative estimate of drug-likeness (QED) is 0.345. The highest BCUT2D eigenvalue weighted by atomic mass is 16.6. The van der Waals surface area contributed by atoms with E-state index in [0.717, 1.165) is 24.8 Å². The topological polar surface area (TPSA) is 99.2 Å². The Morgan fingerprint density at radius 2 is 1.76 bits per heavy atom. The Hall–Kier alpha value is -2.90. The molecule has 8 heteroatoms. The van der Waals surface area contributed by atoms with E-state index in [1.54, 1.807) is 20.8 Å². The highest BCUT2D eigenvalue weighted by molar-refractivity contribution is 6.03. The second-order valence-electron chi connectivity index (χ2n) is 12.0. The Kier molecular flexibility index (Phi) is 7.91. The van der Waals surface area contributed by atoms with Crippen LogP contribution >= 0.6 is 0 Å². The summed E-state index contributed by atoms with van der Waals surface area (Å²) in [6.45, 7) is 11.6. The molecule has 0 saturated heterocycles. The molecule has 1 heterocycles. The zero-order valence-corrected chi connectivity index (χ0v) is 23.5. The molecule has 6 atom stereocenters. The third kappa shape index (κ3) is 4.94. The minimum Gasteiger partial charge on any atom is -0.464 e. The number of esters is 3. The van der Waals surface area contributed by atoms with Crippen LogP contribution in [0.1, 0.15) is 72.8 Å². The molecular weight excluding hydrogens is 486 g/mol. The van der Waals surface area contributed by atoms with Gasteiger partial charge < -0.3 is 14.2 Å². The number of para-hydroxylation sites is 1. The van der Waals surface area contributed by atoms with Gasteiger partial charge in [0.15, 0.2) is 6.61 Å². The SMILES string of the molecule is CCOC(=O)[C@@H]1Cc2ccccc2N1C(=O)[C@H](C)C[C@@H](C)C(=O)OCC(=O)OC1CC2CCC1(C)C2(C)C.